The molecule has 1 aliphatic rings. The summed E-state index contributed by atoms with van der Waals surface area (Å²) in [6.07, 6.45) is 2.49. The third-order valence-electron chi connectivity index (χ3n) is 3.37. The zero-order valence-electron chi connectivity index (χ0n) is 10.5. The largest absolute Gasteiger partial charge is 0.324 e. The fourth-order valence-corrected chi connectivity index (χ4v) is 2.41. The van der Waals surface area contributed by atoms with Crippen LogP contribution in [0, 0.1) is 5.92 Å². The molecule has 0 bridgehead atoms. The molecule has 1 fully saturated rings. The second-order valence-electron chi connectivity index (χ2n) is 4.96. The molecule has 0 aliphatic carbocycles. The van der Waals surface area contributed by atoms with Gasteiger partial charge in [-0.25, -0.2) is 0 Å². The monoisotopic (exact) mass is 243 g/mol. The summed E-state index contributed by atoms with van der Waals surface area (Å²) < 4.78 is 5.37. The normalized spacial score (nSPS) is 20.1. The first-order valence-corrected chi connectivity index (χ1v) is 6.47. The Balaban J connectivity index is 1.81. The van der Waals surface area contributed by atoms with Crippen molar-refractivity contribution in [3.05, 3.63) is 30.3 Å². The van der Waals surface area contributed by atoms with Crippen molar-refractivity contribution in [1.29, 1.82) is 0 Å². The highest BCUT2D eigenvalue weighted by molar-refractivity contribution is 5.55. The fourth-order valence-electron chi connectivity index (χ4n) is 2.41. The first-order chi connectivity index (χ1) is 8.83. The van der Waals surface area contributed by atoms with Crippen LogP contribution in [0.15, 0.2) is 34.9 Å². The Hall–Kier alpha value is -1.84. The number of aromatic nitrogens is 2. The number of hydrogen-bond acceptors (Lipinski definition) is 4. The van der Waals surface area contributed by atoms with E-state index in [0.29, 0.717) is 17.8 Å². The summed E-state index contributed by atoms with van der Waals surface area (Å²) in [6, 6.07) is 10.6. The molecule has 3 rings (SSSR count). The van der Waals surface area contributed by atoms with Gasteiger partial charge in [-0.15, -0.1) is 0 Å². The molecule has 0 amide bonds. The van der Waals surface area contributed by atoms with E-state index in [9.17, 15) is 0 Å². The Morgan fingerprint density at radius 3 is 2.89 bits per heavy atom. The van der Waals surface area contributed by atoms with E-state index in [4.69, 9.17) is 4.52 Å². The minimum absolute atomic E-state index is 0.653. The molecule has 0 spiro atoms. The number of hydrogen-bond donors (Lipinski definition) is 0. The number of rotatable bonds is 2. The Morgan fingerprint density at radius 2 is 2.11 bits per heavy atom. The first kappa shape index (κ1) is 11.3. The molecular weight excluding hydrogens is 226 g/mol. The molecule has 1 unspecified atom stereocenters. The Kier molecular flexibility index (Phi) is 3.00. The van der Waals surface area contributed by atoms with Crippen LogP contribution in [0.1, 0.15) is 19.8 Å². The standard InChI is InChI=1S/C14H17N3O/c1-11-6-5-9-17(10-11)14-15-13(16-18-14)12-7-3-2-4-8-12/h2-4,7-8,11H,5-6,9-10H2,1H3. The third-order valence-corrected chi connectivity index (χ3v) is 3.37. The lowest BCUT2D eigenvalue weighted by atomic mass is 10.0. The summed E-state index contributed by atoms with van der Waals surface area (Å²) >= 11 is 0. The highest BCUT2D eigenvalue weighted by Gasteiger charge is 2.21. The molecule has 2 aromatic rings. The molecule has 0 radical (unpaired) electrons. The minimum atomic E-state index is 0.653. The summed E-state index contributed by atoms with van der Waals surface area (Å²) in [5.41, 5.74) is 0.998. The van der Waals surface area contributed by atoms with Crippen molar-refractivity contribution in [3.8, 4) is 11.4 Å². The van der Waals surface area contributed by atoms with Crippen molar-refractivity contribution in [1.82, 2.24) is 10.1 Å². The van der Waals surface area contributed by atoms with Crippen LogP contribution in [-0.4, -0.2) is 23.2 Å². The molecule has 94 valence electrons. The van der Waals surface area contributed by atoms with Crippen LogP contribution in [0.3, 0.4) is 0 Å². The van der Waals surface area contributed by atoms with Crippen molar-refractivity contribution < 1.29 is 4.52 Å². The molecule has 4 nitrogen and oxygen atoms in total. The van der Waals surface area contributed by atoms with Gasteiger partial charge in [0, 0.05) is 18.7 Å². The van der Waals surface area contributed by atoms with Crippen LogP contribution in [0.2, 0.25) is 0 Å². The molecule has 0 N–H and O–H groups in total. The second kappa shape index (κ2) is 4.80. The Bertz CT molecular complexity index is 509. The van der Waals surface area contributed by atoms with Gasteiger partial charge in [-0.2, -0.15) is 4.98 Å². The van der Waals surface area contributed by atoms with E-state index in [2.05, 4.69) is 22.0 Å². The van der Waals surface area contributed by atoms with Gasteiger partial charge in [0.25, 0.3) is 0 Å². The number of benzene rings is 1. The predicted molar refractivity (Wildman–Crippen MR) is 70.3 cm³/mol. The molecule has 2 heterocycles. The second-order valence-corrected chi connectivity index (χ2v) is 4.96. The maximum Gasteiger partial charge on any atom is 0.324 e. The van der Waals surface area contributed by atoms with Gasteiger partial charge >= 0.3 is 6.01 Å². The zero-order valence-corrected chi connectivity index (χ0v) is 10.5. The molecule has 1 atom stereocenters. The SMILES string of the molecule is CC1CCCN(c2nc(-c3ccccc3)no2)C1. The third kappa shape index (κ3) is 2.23. The molecule has 1 aromatic heterocycles. The Morgan fingerprint density at radius 1 is 1.28 bits per heavy atom. The van der Waals surface area contributed by atoms with Crippen molar-refractivity contribution in [2.45, 2.75) is 19.8 Å². The molecule has 18 heavy (non-hydrogen) atoms. The van der Waals surface area contributed by atoms with Gasteiger partial charge in [0.05, 0.1) is 0 Å². The van der Waals surface area contributed by atoms with Gasteiger partial charge in [-0.1, -0.05) is 42.4 Å². The smallest absolute Gasteiger partial charge is 0.324 e. The molecule has 4 heteroatoms. The lowest BCUT2D eigenvalue weighted by molar-refractivity contribution is 0.376. The van der Waals surface area contributed by atoms with Crippen molar-refractivity contribution in [2.24, 2.45) is 5.92 Å². The summed E-state index contributed by atoms with van der Waals surface area (Å²) in [5.74, 6) is 1.37. The molecule has 1 aromatic carbocycles. The quantitative estimate of drug-likeness (QED) is 0.813. The average Bonchev–Trinajstić information content (AvgIpc) is 2.89. The van der Waals surface area contributed by atoms with Gasteiger partial charge in [0.2, 0.25) is 5.82 Å². The summed E-state index contributed by atoms with van der Waals surface area (Å²) in [6.45, 7) is 4.29. The molecule has 1 aliphatic heterocycles. The van der Waals surface area contributed by atoms with Crippen LogP contribution in [0.4, 0.5) is 6.01 Å². The van der Waals surface area contributed by atoms with Crippen LogP contribution in [0.5, 0.6) is 0 Å². The number of nitrogens with zero attached hydrogens (tertiary/aromatic N) is 3. The molecular formula is C14H17N3O. The van der Waals surface area contributed by atoms with E-state index in [1.165, 1.54) is 12.8 Å². The van der Waals surface area contributed by atoms with E-state index in [-0.39, 0.29) is 0 Å². The van der Waals surface area contributed by atoms with E-state index in [1.807, 2.05) is 30.3 Å². The van der Waals surface area contributed by atoms with Crippen LogP contribution >= 0.6 is 0 Å². The minimum Gasteiger partial charge on any atom is -0.324 e. The highest BCUT2D eigenvalue weighted by atomic mass is 16.5. The van der Waals surface area contributed by atoms with Crippen molar-refractivity contribution >= 4 is 6.01 Å². The maximum absolute atomic E-state index is 5.37. The highest BCUT2D eigenvalue weighted by Crippen LogP contribution is 2.24. The fraction of sp³-hybridized carbons (Fsp3) is 0.429. The lowest BCUT2D eigenvalue weighted by Crippen LogP contribution is -2.34. The van der Waals surface area contributed by atoms with Crippen LogP contribution in [-0.2, 0) is 0 Å². The van der Waals surface area contributed by atoms with E-state index >= 15 is 0 Å². The van der Waals surface area contributed by atoms with Crippen LogP contribution in [0.25, 0.3) is 11.4 Å². The van der Waals surface area contributed by atoms with Gasteiger partial charge in [-0.3, -0.25) is 0 Å². The van der Waals surface area contributed by atoms with E-state index < -0.39 is 0 Å². The summed E-state index contributed by atoms with van der Waals surface area (Å²) in [5, 5.41) is 4.06. The topological polar surface area (TPSA) is 42.2 Å². The van der Waals surface area contributed by atoms with E-state index in [0.717, 1.165) is 18.7 Å². The van der Waals surface area contributed by atoms with Gasteiger partial charge < -0.3 is 9.42 Å². The van der Waals surface area contributed by atoms with Crippen molar-refractivity contribution in [3.63, 3.8) is 0 Å². The molecule has 0 saturated carbocycles. The zero-order chi connectivity index (χ0) is 12.4. The molecule has 1 saturated heterocycles. The number of anilines is 1. The Labute approximate surface area is 107 Å². The van der Waals surface area contributed by atoms with E-state index in [1.54, 1.807) is 0 Å². The number of piperidine rings is 1. The summed E-state index contributed by atoms with van der Waals surface area (Å²) in [4.78, 5) is 6.67. The van der Waals surface area contributed by atoms with Gasteiger partial charge in [-0.05, 0) is 18.8 Å². The van der Waals surface area contributed by atoms with Crippen LogP contribution < -0.4 is 4.90 Å². The maximum atomic E-state index is 5.37. The average molecular weight is 243 g/mol. The van der Waals surface area contributed by atoms with Crippen molar-refractivity contribution in [2.75, 3.05) is 18.0 Å². The first-order valence-electron chi connectivity index (χ1n) is 6.47. The lowest BCUT2D eigenvalue weighted by Gasteiger charge is -2.28. The van der Waals surface area contributed by atoms with Gasteiger partial charge in [0.15, 0.2) is 0 Å². The van der Waals surface area contributed by atoms with Gasteiger partial charge in [0.1, 0.15) is 0 Å². The summed E-state index contributed by atoms with van der Waals surface area (Å²) in [7, 11) is 0. The predicted octanol–water partition coefficient (Wildman–Crippen LogP) is 2.97.